The van der Waals surface area contributed by atoms with Crippen LogP contribution in [0.25, 0.3) is 11.0 Å². The van der Waals surface area contributed by atoms with E-state index in [4.69, 9.17) is 4.42 Å². The Morgan fingerprint density at radius 2 is 1.79 bits per heavy atom. The Labute approximate surface area is 167 Å². The first-order valence-electron chi connectivity index (χ1n) is 11.0. The van der Waals surface area contributed by atoms with Crippen molar-refractivity contribution < 1.29 is 19.2 Å². The number of quaternary nitrogens is 1. The van der Waals surface area contributed by atoms with Gasteiger partial charge in [0.2, 0.25) is 0 Å². The van der Waals surface area contributed by atoms with Crippen molar-refractivity contribution in [3.05, 3.63) is 29.0 Å². The summed E-state index contributed by atoms with van der Waals surface area (Å²) in [6, 6.07) is 3.75. The predicted molar refractivity (Wildman–Crippen MR) is 110 cm³/mol. The fourth-order valence-electron chi connectivity index (χ4n) is 4.98. The summed E-state index contributed by atoms with van der Waals surface area (Å²) in [5.41, 5.74) is 2.18. The van der Waals surface area contributed by atoms with E-state index in [-0.39, 0.29) is 17.7 Å². The first-order valence-corrected chi connectivity index (χ1v) is 11.0. The quantitative estimate of drug-likeness (QED) is 0.755. The van der Waals surface area contributed by atoms with Crippen molar-refractivity contribution in [1.29, 1.82) is 0 Å². The lowest BCUT2D eigenvalue weighted by molar-refractivity contribution is -0.913. The minimum absolute atomic E-state index is 0.0548. The number of fused-ring (bicyclic) bond motifs is 1. The molecule has 2 fully saturated rings. The average Bonchev–Trinajstić information content (AvgIpc) is 2.85. The van der Waals surface area contributed by atoms with E-state index in [0.717, 1.165) is 43.4 Å². The number of phenols is 1. The Bertz CT molecular complexity index is 828. The zero-order valence-electron chi connectivity index (χ0n) is 17.0. The third-order valence-corrected chi connectivity index (χ3v) is 6.52. The second kappa shape index (κ2) is 8.56. The fourth-order valence-corrected chi connectivity index (χ4v) is 4.98. The van der Waals surface area contributed by atoms with Crippen LogP contribution in [0.15, 0.2) is 16.5 Å². The third-order valence-electron chi connectivity index (χ3n) is 6.52. The summed E-state index contributed by atoms with van der Waals surface area (Å²) in [5, 5.41) is 14.7. The van der Waals surface area contributed by atoms with Gasteiger partial charge < -0.3 is 19.7 Å². The van der Waals surface area contributed by atoms with Crippen LogP contribution in [0, 0.1) is 6.92 Å². The molecule has 2 aliphatic rings. The molecule has 1 aliphatic carbocycles. The molecule has 2 aromatic rings. The zero-order valence-corrected chi connectivity index (χ0v) is 17.0. The molecular weight excluding hydrogens is 352 g/mol. The van der Waals surface area contributed by atoms with Crippen molar-refractivity contribution in [2.45, 2.75) is 77.3 Å². The molecule has 1 amide bonds. The lowest BCUT2D eigenvalue weighted by atomic mass is 9.95. The van der Waals surface area contributed by atoms with Gasteiger partial charge in [0.15, 0.2) is 0 Å². The highest BCUT2D eigenvalue weighted by Crippen LogP contribution is 2.34. The summed E-state index contributed by atoms with van der Waals surface area (Å²) in [7, 11) is 0. The van der Waals surface area contributed by atoms with Gasteiger partial charge in [0, 0.05) is 11.4 Å². The van der Waals surface area contributed by atoms with E-state index < -0.39 is 0 Å². The van der Waals surface area contributed by atoms with Gasteiger partial charge in [-0.15, -0.1) is 0 Å². The van der Waals surface area contributed by atoms with E-state index in [0.29, 0.717) is 16.9 Å². The van der Waals surface area contributed by atoms with E-state index in [1.165, 1.54) is 49.8 Å². The number of aromatic hydroxyl groups is 1. The highest BCUT2D eigenvalue weighted by molar-refractivity contribution is 6.09. The molecule has 1 aromatic carbocycles. The van der Waals surface area contributed by atoms with Gasteiger partial charge in [0.1, 0.15) is 23.6 Å². The van der Waals surface area contributed by atoms with Crippen LogP contribution in [-0.2, 0) is 6.54 Å². The molecule has 1 aromatic heterocycles. The third kappa shape index (κ3) is 4.04. The minimum atomic E-state index is -0.0548. The number of carbonyl (C=O) groups is 1. The molecule has 0 spiro atoms. The number of phenolic OH excluding ortho intramolecular Hbond substituents is 1. The predicted octanol–water partition coefficient (Wildman–Crippen LogP) is 3.47. The Morgan fingerprint density at radius 3 is 2.50 bits per heavy atom. The van der Waals surface area contributed by atoms with Crippen molar-refractivity contribution in [1.82, 2.24) is 5.32 Å². The van der Waals surface area contributed by atoms with Crippen molar-refractivity contribution in [3.8, 4) is 5.75 Å². The second-order valence-electron chi connectivity index (χ2n) is 8.62. The molecule has 2 heterocycles. The Balaban J connectivity index is 1.66. The number of likely N-dealkylation sites (tertiary alicyclic amines) is 1. The number of aryl methyl sites for hydroxylation is 1. The molecular formula is C23H33N2O3+. The Morgan fingerprint density at radius 1 is 1.11 bits per heavy atom. The molecule has 5 nitrogen and oxygen atoms in total. The van der Waals surface area contributed by atoms with Gasteiger partial charge in [-0.05, 0) is 57.6 Å². The molecule has 152 valence electrons. The molecule has 5 heteroatoms. The van der Waals surface area contributed by atoms with Crippen molar-refractivity contribution >= 4 is 16.9 Å². The van der Waals surface area contributed by atoms with Gasteiger partial charge >= 0.3 is 0 Å². The van der Waals surface area contributed by atoms with Gasteiger partial charge in [-0.2, -0.15) is 0 Å². The average molecular weight is 386 g/mol. The standard InChI is InChI=1S/C23H32N2O3/c1-16-21(23(27)24-17-9-5-4-6-10-17)22-18(19(26)11-12-20(22)28-16)15-25-13-7-2-3-8-14-25/h11-12,17,26H,2-10,13-15H2,1H3,(H,24,27)/p+1. The SMILES string of the molecule is Cc1oc2ccc(O)c(C[NH+]3CCCCCC3)c2c1C(=O)NC1CCCCC1. The van der Waals surface area contributed by atoms with Gasteiger partial charge in [0.05, 0.1) is 24.2 Å². The van der Waals surface area contributed by atoms with Gasteiger partial charge in [0.25, 0.3) is 5.91 Å². The zero-order chi connectivity index (χ0) is 19.5. The summed E-state index contributed by atoms with van der Waals surface area (Å²) in [6.07, 6.45) is 10.8. The van der Waals surface area contributed by atoms with Gasteiger partial charge in [-0.3, -0.25) is 4.79 Å². The number of amides is 1. The summed E-state index contributed by atoms with van der Waals surface area (Å²) in [5.74, 6) is 0.860. The first-order chi connectivity index (χ1) is 13.6. The summed E-state index contributed by atoms with van der Waals surface area (Å²) in [6.45, 7) is 4.84. The van der Waals surface area contributed by atoms with Crippen LogP contribution in [0.1, 0.15) is 79.5 Å². The largest absolute Gasteiger partial charge is 0.507 e. The number of benzene rings is 1. The number of furan rings is 1. The van der Waals surface area contributed by atoms with Crippen molar-refractivity contribution in [2.75, 3.05) is 13.1 Å². The first kappa shape index (κ1) is 19.3. The van der Waals surface area contributed by atoms with E-state index in [1.54, 1.807) is 12.1 Å². The summed E-state index contributed by atoms with van der Waals surface area (Å²) < 4.78 is 5.94. The molecule has 0 unspecified atom stereocenters. The maximum Gasteiger partial charge on any atom is 0.255 e. The monoisotopic (exact) mass is 385 g/mol. The molecule has 0 atom stereocenters. The van der Waals surface area contributed by atoms with Crippen molar-refractivity contribution in [2.24, 2.45) is 0 Å². The van der Waals surface area contributed by atoms with Crippen LogP contribution in [0.3, 0.4) is 0 Å². The molecule has 3 N–H and O–H groups in total. The summed E-state index contributed by atoms with van der Waals surface area (Å²) in [4.78, 5) is 14.6. The summed E-state index contributed by atoms with van der Waals surface area (Å²) >= 11 is 0. The topological polar surface area (TPSA) is 66.9 Å². The number of hydrogen-bond donors (Lipinski definition) is 3. The van der Waals surface area contributed by atoms with Crippen LogP contribution in [0.5, 0.6) is 5.75 Å². The molecule has 0 radical (unpaired) electrons. The second-order valence-corrected chi connectivity index (χ2v) is 8.62. The normalized spacial score (nSPS) is 19.6. The van der Waals surface area contributed by atoms with Gasteiger partial charge in [-0.25, -0.2) is 0 Å². The fraction of sp³-hybridized carbons (Fsp3) is 0.609. The molecule has 1 aliphatic heterocycles. The lowest BCUT2D eigenvalue weighted by Gasteiger charge is -2.23. The van der Waals surface area contributed by atoms with Gasteiger partial charge in [-0.1, -0.05) is 19.3 Å². The van der Waals surface area contributed by atoms with E-state index in [2.05, 4.69) is 5.32 Å². The maximum absolute atomic E-state index is 13.2. The van der Waals surface area contributed by atoms with Crippen LogP contribution in [-0.4, -0.2) is 30.1 Å². The lowest BCUT2D eigenvalue weighted by Crippen LogP contribution is -3.10. The van der Waals surface area contributed by atoms with Crippen LogP contribution in [0.4, 0.5) is 0 Å². The molecule has 28 heavy (non-hydrogen) atoms. The number of carbonyl (C=O) groups excluding carboxylic acids is 1. The Kier molecular flexibility index (Phi) is 5.90. The molecule has 0 bridgehead atoms. The van der Waals surface area contributed by atoms with E-state index in [1.807, 2.05) is 6.92 Å². The number of nitrogens with one attached hydrogen (secondary N) is 2. The van der Waals surface area contributed by atoms with Crippen LogP contribution < -0.4 is 10.2 Å². The van der Waals surface area contributed by atoms with Crippen LogP contribution >= 0.6 is 0 Å². The maximum atomic E-state index is 13.2. The number of hydrogen-bond acceptors (Lipinski definition) is 3. The molecule has 1 saturated carbocycles. The van der Waals surface area contributed by atoms with E-state index in [9.17, 15) is 9.90 Å². The van der Waals surface area contributed by atoms with Crippen molar-refractivity contribution in [3.63, 3.8) is 0 Å². The smallest absolute Gasteiger partial charge is 0.255 e. The van der Waals surface area contributed by atoms with E-state index >= 15 is 0 Å². The molecule has 1 saturated heterocycles. The molecule has 4 rings (SSSR count). The van der Waals surface area contributed by atoms with Crippen LogP contribution in [0.2, 0.25) is 0 Å². The number of rotatable bonds is 4. The highest BCUT2D eigenvalue weighted by Gasteiger charge is 2.27. The minimum Gasteiger partial charge on any atom is -0.507 e. The Hall–Kier alpha value is -2.01. The highest BCUT2D eigenvalue weighted by atomic mass is 16.3.